The molecule has 24 heavy (non-hydrogen) atoms. The van der Waals surface area contributed by atoms with Crippen molar-refractivity contribution in [3.05, 3.63) is 18.2 Å². The molecule has 1 aromatic rings. The highest BCUT2D eigenvalue weighted by Crippen LogP contribution is 2.28. The van der Waals surface area contributed by atoms with Gasteiger partial charge in [0, 0.05) is 32.1 Å². The zero-order chi connectivity index (χ0) is 17.7. The van der Waals surface area contributed by atoms with Crippen LogP contribution in [0.3, 0.4) is 0 Å². The minimum absolute atomic E-state index is 0.0619. The summed E-state index contributed by atoms with van der Waals surface area (Å²) in [5, 5.41) is 3.16. The molecule has 1 amide bonds. The van der Waals surface area contributed by atoms with Crippen LogP contribution in [0.2, 0.25) is 0 Å². The second kappa shape index (κ2) is 7.74. The molecule has 7 nitrogen and oxygen atoms in total. The van der Waals surface area contributed by atoms with Crippen molar-refractivity contribution in [1.82, 2.24) is 4.90 Å². The van der Waals surface area contributed by atoms with E-state index in [2.05, 4.69) is 5.32 Å². The lowest BCUT2D eigenvalue weighted by atomic mass is 10.2. The van der Waals surface area contributed by atoms with Crippen LogP contribution < -0.4 is 14.8 Å². The lowest BCUT2D eigenvalue weighted by Crippen LogP contribution is -2.38. The maximum Gasteiger partial charge on any atom is 0.224 e. The van der Waals surface area contributed by atoms with E-state index in [-0.39, 0.29) is 29.9 Å². The van der Waals surface area contributed by atoms with E-state index in [1.54, 1.807) is 44.4 Å². The minimum atomic E-state index is -2.99. The standard InChI is InChI=1S/C16H24N2O5S/c1-18(12-7-9-24(20,21)11-12)16(19)6-8-17-14-10-13(22-2)4-5-15(14)23-3/h4-5,10,12,17H,6-9,11H2,1-3H3. The van der Waals surface area contributed by atoms with Gasteiger partial charge in [0.2, 0.25) is 5.91 Å². The predicted octanol–water partition coefficient (Wildman–Crippen LogP) is 1.15. The molecule has 1 aromatic carbocycles. The quantitative estimate of drug-likeness (QED) is 0.789. The smallest absolute Gasteiger partial charge is 0.224 e. The van der Waals surface area contributed by atoms with Gasteiger partial charge >= 0.3 is 0 Å². The van der Waals surface area contributed by atoms with Gasteiger partial charge in [-0.15, -0.1) is 0 Å². The van der Waals surface area contributed by atoms with Crippen LogP contribution in [0.4, 0.5) is 5.69 Å². The average molecular weight is 356 g/mol. The highest BCUT2D eigenvalue weighted by molar-refractivity contribution is 7.91. The Kier molecular flexibility index (Phi) is 5.93. The third-order valence-electron chi connectivity index (χ3n) is 4.21. The Bertz CT molecular complexity index is 690. The second-order valence-electron chi connectivity index (χ2n) is 5.80. The Morgan fingerprint density at radius 1 is 1.33 bits per heavy atom. The molecule has 0 bridgehead atoms. The summed E-state index contributed by atoms with van der Waals surface area (Å²) in [6, 6.07) is 5.17. The molecule has 0 aromatic heterocycles. The van der Waals surface area contributed by atoms with Crippen LogP contribution in [0.1, 0.15) is 12.8 Å². The molecular weight excluding hydrogens is 332 g/mol. The van der Waals surface area contributed by atoms with E-state index in [1.165, 1.54) is 0 Å². The Morgan fingerprint density at radius 2 is 2.08 bits per heavy atom. The number of hydrogen-bond donors (Lipinski definition) is 1. The molecule has 0 aliphatic carbocycles. The van der Waals surface area contributed by atoms with Crippen molar-refractivity contribution in [2.75, 3.05) is 44.6 Å². The molecule has 0 radical (unpaired) electrons. The number of carbonyl (C=O) groups is 1. The third kappa shape index (κ3) is 4.53. The van der Waals surface area contributed by atoms with Crippen molar-refractivity contribution in [2.45, 2.75) is 18.9 Å². The van der Waals surface area contributed by atoms with Crippen molar-refractivity contribution in [3.8, 4) is 11.5 Å². The molecule has 0 spiro atoms. The van der Waals surface area contributed by atoms with E-state index in [4.69, 9.17) is 9.47 Å². The summed E-state index contributed by atoms with van der Waals surface area (Å²) in [6.07, 6.45) is 0.787. The topological polar surface area (TPSA) is 84.9 Å². The summed E-state index contributed by atoms with van der Waals surface area (Å²) in [7, 11) is 1.83. The number of nitrogens with zero attached hydrogens (tertiary/aromatic N) is 1. The van der Waals surface area contributed by atoms with E-state index in [0.29, 0.717) is 24.5 Å². The molecule has 1 atom stereocenters. The molecule has 1 N–H and O–H groups in total. The van der Waals surface area contributed by atoms with Crippen molar-refractivity contribution in [2.24, 2.45) is 0 Å². The first-order valence-electron chi connectivity index (χ1n) is 7.78. The van der Waals surface area contributed by atoms with Crippen LogP contribution in [0, 0.1) is 0 Å². The van der Waals surface area contributed by atoms with Gasteiger partial charge in [-0.25, -0.2) is 8.42 Å². The van der Waals surface area contributed by atoms with Gasteiger partial charge in [0.25, 0.3) is 0 Å². The average Bonchev–Trinajstić information content (AvgIpc) is 2.93. The van der Waals surface area contributed by atoms with Crippen LogP contribution in [0.25, 0.3) is 0 Å². The number of anilines is 1. The monoisotopic (exact) mass is 356 g/mol. The number of hydrogen-bond acceptors (Lipinski definition) is 6. The van der Waals surface area contributed by atoms with Gasteiger partial charge in [0.1, 0.15) is 11.5 Å². The number of nitrogens with one attached hydrogen (secondary N) is 1. The molecule has 8 heteroatoms. The van der Waals surface area contributed by atoms with E-state index < -0.39 is 9.84 Å². The zero-order valence-electron chi connectivity index (χ0n) is 14.2. The van der Waals surface area contributed by atoms with Crippen molar-refractivity contribution in [3.63, 3.8) is 0 Å². The normalized spacial score (nSPS) is 18.9. The molecule has 1 aliphatic heterocycles. The lowest BCUT2D eigenvalue weighted by molar-refractivity contribution is -0.131. The molecule has 0 saturated carbocycles. The SMILES string of the molecule is COc1ccc(OC)c(NCCC(=O)N(C)C2CCS(=O)(=O)C2)c1. The zero-order valence-corrected chi connectivity index (χ0v) is 15.1. The van der Waals surface area contributed by atoms with E-state index in [9.17, 15) is 13.2 Å². The van der Waals surface area contributed by atoms with E-state index in [1.807, 2.05) is 0 Å². The van der Waals surface area contributed by atoms with Gasteiger partial charge in [-0.2, -0.15) is 0 Å². The minimum Gasteiger partial charge on any atom is -0.497 e. The Labute approximate surface area is 142 Å². The Hall–Kier alpha value is -1.96. The third-order valence-corrected chi connectivity index (χ3v) is 5.96. The number of ether oxygens (including phenoxy) is 2. The van der Waals surface area contributed by atoms with Crippen molar-refractivity contribution < 1.29 is 22.7 Å². The van der Waals surface area contributed by atoms with Crippen molar-refractivity contribution >= 4 is 21.4 Å². The first-order valence-corrected chi connectivity index (χ1v) is 9.60. The van der Waals surface area contributed by atoms with E-state index >= 15 is 0 Å². The van der Waals surface area contributed by atoms with Gasteiger partial charge in [0.15, 0.2) is 9.84 Å². The van der Waals surface area contributed by atoms with Gasteiger partial charge in [-0.05, 0) is 18.6 Å². The van der Waals surface area contributed by atoms with Gasteiger partial charge in [0.05, 0.1) is 31.4 Å². The van der Waals surface area contributed by atoms with Gasteiger partial charge in [-0.1, -0.05) is 0 Å². The predicted molar refractivity (Wildman–Crippen MR) is 92.5 cm³/mol. The van der Waals surface area contributed by atoms with Crippen LogP contribution in [0.15, 0.2) is 18.2 Å². The number of amides is 1. The molecule has 2 rings (SSSR count). The molecule has 1 fully saturated rings. The Morgan fingerprint density at radius 3 is 2.67 bits per heavy atom. The lowest BCUT2D eigenvalue weighted by Gasteiger charge is -2.23. The summed E-state index contributed by atoms with van der Waals surface area (Å²) in [4.78, 5) is 13.8. The molecular formula is C16H24N2O5S. The highest BCUT2D eigenvalue weighted by atomic mass is 32.2. The highest BCUT2D eigenvalue weighted by Gasteiger charge is 2.32. The largest absolute Gasteiger partial charge is 0.497 e. The summed E-state index contributed by atoms with van der Waals surface area (Å²) in [5.41, 5.74) is 0.746. The van der Waals surface area contributed by atoms with E-state index in [0.717, 1.165) is 5.69 Å². The summed E-state index contributed by atoms with van der Waals surface area (Å²) < 4.78 is 33.5. The number of benzene rings is 1. The number of rotatable bonds is 7. The van der Waals surface area contributed by atoms with Gasteiger partial charge in [-0.3, -0.25) is 4.79 Å². The van der Waals surface area contributed by atoms with Crippen LogP contribution >= 0.6 is 0 Å². The maximum absolute atomic E-state index is 12.2. The fourth-order valence-corrected chi connectivity index (χ4v) is 4.49. The van der Waals surface area contributed by atoms with Crippen LogP contribution in [-0.2, 0) is 14.6 Å². The second-order valence-corrected chi connectivity index (χ2v) is 8.03. The first kappa shape index (κ1) is 18.4. The number of methoxy groups -OCH3 is 2. The Balaban J connectivity index is 1.88. The first-order chi connectivity index (χ1) is 11.4. The van der Waals surface area contributed by atoms with Crippen molar-refractivity contribution in [1.29, 1.82) is 0 Å². The maximum atomic E-state index is 12.2. The van der Waals surface area contributed by atoms with Gasteiger partial charge < -0.3 is 19.7 Å². The fraction of sp³-hybridized carbons (Fsp3) is 0.562. The molecule has 1 saturated heterocycles. The molecule has 134 valence electrons. The van der Waals surface area contributed by atoms with Crippen LogP contribution in [0.5, 0.6) is 11.5 Å². The molecule has 1 unspecified atom stereocenters. The fourth-order valence-electron chi connectivity index (χ4n) is 2.72. The number of sulfone groups is 1. The number of carbonyl (C=O) groups excluding carboxylic acids is 1. The molecule has 1 heterocycles. The van der Waals surface area contributed by atoms with Crippen LogP contribution in [-0.4, -0.2) is 64.6 Å². The molecule has 1 aliphatic rings. The summed E-state index contributed by atoms with van der Waals surface area (Å²) >= 11 is 0. The summed E-state index contributed by atoms with van der Waals surface area (Å²) in [5.74, 6) is 1.50. The summed E-state index contributed by atoms with van der Waals surface area (Å²) in [6.45, 7) is 0.423.